The molecular formula is C15H18F3N3O2. The van der Waals surface area contributed by atoms with Crippen LogP contribution in [0.4, 0.5) is 18.9 Å². The van der Waals surface area contributed by atoms with Crippen molar-refractivity contribution in [1.29, 1.82) is 0 Å². The van der Waals surface area contributed by atoms with E-state index in [1.54, 1.807) is 0 Å². The number of halogens is 3. The summed E-state index contributed by atoms with van der Waals surface area (Å²) in [5.41, 5.74) is -1.09. The molecule has 1 aromatic carbocycles. The smallest absolute Gasteiger partial charge is 0.333 e. The predicted octanol–water partition coefficient (Wildman–Crippen LogP) is 2.10. The normalized spacial score (nSPS) is 18.7. The van der Waals surface area contributed by atoms with E-state index >= 15 is 0 Å². The summed E-state index contributed by atoms with van der Waals surface area (Å²) in [6.07, 6.45) is -4.60. The molecule has 0 saturated carbocycles. The van der Waals surface area contributed by atoms with Crippen molar-refractivity contribution in [1.82, 2.24) is 10.2 Å². The number of anilines is 1. The van der Waals surface area contributed by atoms with E-state index in [-0.39, 0.29) is 17.3 Å². The maximum Gasteiger partial charge on any atom is 0.416 e. The van der Waals surface area contributed by atoms with E-state index in [2.05, 4.69) is 10.6 Å². The van der Waals surface area contributed by atoms with Crippen molar-refractivity contribution in [2.75, 3.05) is 25.0 Å². The zero-order valence-corrected chi connectivity index (χ0v) is 12.8. The average Bonchev–Trinajstić information content (AvgIpc) is 2.45. The van der Waals surface area contributed by atoms with Crippen molar-refractivity contribution < 1.29 is 22.8 Å². The van der Waals surface area contributed by atoms with E-state index < -0.39 is 23.6 Å². The van der Waals surface area contributed by atoms with Crippen molar-refractivity contribution in [2.45, 2.75) is 26.1 Å². The van der Waals surface area contributed by atoms with Gasteiger partial charge in [-0.3, -0.25) is 9.59 Å². The van der Waals surface area contributed by atoms with Gasteiger partial charge in [0.25, 0.3) is 5.91 Å². The molecule has 1 saturated heterocycles. The van der Waals surface area contributed by atoms with Gasteiger partial charge in [0.2, 0.25) is 5.91 Å². The highest BCUT2D eigenvalue weighted by atomic mass is 19.4. The number of hydrogen-bond donors (Lipinski definition) is 2. The second kappa shape index (κ2) is 6.57. The molecule has 23 heavy (non-hydrogen) atoms. The minimum Gasteiger partial charge on any atom is -0.333 e. The first-order valence-corrected chi connectivity index (χ1v) is 7.20. The molecule has 1 heterocycles. The Morgan fingerprint density at radius 2 is 2.00 bits per heavy atom. The van der Waals surface area contributed by atoms with Gasteiger partial charge >= 0.3 is 6.18 Å². The van der Waals surface area contributed by atoms with Gasteiger partial charge in [0.05, 0.1) is 5.56 Å². The second-order valence-corrected chi connectivity index (χ2v) is 5.53. The Bertz CT molecular complexity index is 616. The molecule has 2 rings (SSSR count). The van der Waals surface area contributed by atoms with E-state index in [9.17, 15) is 22.8 Å². The van der Waals surface area contributed by atoms with Gasteiger partial charge in [-0.2, -0.15) is 13.2 Å². The molecule has 1 aromatic rings. The van der Waals surface area contributed by atoms with E-state index in [0.29, 0.717) is 19.6 Å². The molecule has 1 unspecified atom stereocenters. The van der Waals surface area contributed by atoms with E-state index in [0.717, 1.165) is 12.1 Å². The van der Waals surface area contributed by atoms with Crippen LogP contribution in [0.2, 0.25) is 0 Å². The number of benzene rings is 1. The largest absolute Gasteiger partial charge is 0.416 e. The van der Waals surface area contributed by atoms with Crippen LogP contribution in [-0.4, -0.2) is 42.4 Å². The van der Waals surface area contributed by atoms with Gasteiger partial charge in [-0.05, 0) is 25.1 Å². The molecule has 0 bridgehead atoms. The minimum absolute atomic E-state index is 0.0431. The van der Waals surface area contributed by atoms with Crippen molar-refractivity contribution in [3.8, 4) is 0 Å². The van der Waals surface area contributed by atoms with Gasteiger partial charge < -0.3 is 15.5 Å². The Morgan fingerprint density at radius 3 is 2.57 bits per heavy atom. The van der Waals surface area contributed by atoms with Gasteiger partial charge in [-0.15, -0.1) is 0 Å². The lowest BCUT2D eigenvalue weighted by molar-refractivity contribution is -0.137. The zero-order valence-electron chi connectivity index (χ0n) is 12.8. The molecule has 0 radical (unpaired) electrons. The fourth-order valence-corrected chi connectivity index (χ4v) is 2.50. The number of rotatable bonds is 2. The van der Waals surface area contributed by atoms with Crippen LogP contribution >= 0.6 is 0 Å². The molecule has 2 amide bonds. The highest BCUT2D eigenvalue weighted by Gasteiger charge is 2.33. The van der Waals surface area contributed by atoms with Crippen molar-refractivity contribution in [3.63, 3.8) is 0 Å². The van der Waals surface area contributed by atoms with E-state index in [1.807, 2.05) is 6.92 Å². The van der Waals surface area contributed by atoms with Gasteiger partial charge in [0.1, 0.15) is 0 Å². The average molecular weight is 329 g/mol. The number of carbonyl (C=O) groups is 2. The summed E-state index contributed by atoms with van der Waals surface area (Å²) in [5, 5.41) is 5.42. The second-order valence-electron chi connectivity index (χ2n) is 5.53. The molecule has 126 valence electrons. The molecule has 0 aliphatic carbocycles. The highest BCUT2D eigenvalue weighted by Crippen LogP contribution is 2.32. The monoisotopic (exact) mass is 329 g/mol. The van der Waals surface area contributed by atoms with Crippen molar-refractivity contribution >= 4 is 17.5 Å². The quantitative estimate of drug-likeness (QED) is 0.873. The Hall–Kier alpha value is -2.09. The molecule has 2 N–H and O–H groups in total. The van der Waals surface area contributed by atoms with Gasteiger partial charge in [0, 0.05) is 43.9 Å². The molecule has 8 heteroatoms. The van der Waals surface area contributed by atoms with Crippen LogP contribution in [0.15, 0.2) is 18.2 Å². The van der Waals surface area contributed by atoms with Gasteiger partial charge in [0.15, 0.2) is 0 Å². The topological polar surface area (TPSA) is 61.4 Å². The maximum absolute atomic E-state index is 13.0. The standard InChI is InChI=1S/C15H18F3N3O2/c1-9-8-19-3-4-21(9)14(23)11-5-12(15(16,17)18)7-13(6-11)20-10(2)22/h5-7,9,19H,3-4,8H2,1-2H3,(H,20,22). The molecule has 1 aliphatic rings. The van der Waals surface area contributed by atoms with Crippen molar-refractivity contribution in [2.24, 2.45) is 0 Å². The molecule has 0 spiro atoms. The number of hydrogen-bond acceptors (Lipinski definition) is 3. The van der Waals surface area contributed by atoms with Crippen LogP contribution in [0.5, 0.6) is 0 Å². The molecule has 0 aromatic heterocycles. The number of piperazine rings is 1. The SMILES string of the molecule is CC(=O)Nc1cc(C(=O)N2CCNCC2C)cc(C(F)(F)F)c1. The van der Waals surface area contributed by atoms with E-state index in [4.69, 9.17) is 0 Å². The summed E-state index contributed by atoms with van der Waals surface area (Å²) >= 11 is 0. The predicted molar refractivity (Wildman–Crippen MR) is 79.1 cm³/mol. The minimum atomic E-state index is -4.60. The molecule has 1 aliphatic heterocycles. The maximum atomic E-state index is 13.0. The fourth-order valence-electron chi connectivity index (χ4n) is 2.50. The van der Waals surface area contributed by atoms with Crippen LogP contribution in [0, 0.1) is 0 Å². The zero-order chi connectivity index (χ0) is 17.2. The Kier molecular flexibility index (Phi) is 4.93. The van der Waals surface area contributed by atoms with Crippen LogP contribution in [0.3, 0.4) is 0 Å². The number of nitrogens with zero attached hydrogens (tertiary/aromatic N) is 1. The first kappa shape index (κ1) is 17.3. The highest BCUT2D eigenvalue weighted by molar-refractivity contribution is 5.97. The summed E-state index contributed by atoms with van der Waals surface area (Å²) in [5.74, 6) is -0.977. The third kappa shape index (κ3) is 4.22. The lowest BCUT2D eigenvalue weighted by atomic mass is 10.1. The molecule has 1 atom stereocenters. The molecular weight excluding hydrogens is 311 g/mol. The number of carbonyl (C=O) groups excluding carboxylic acids is 2. The third-order valence-electron chi connectivity index (χ3n) is 3.59. The molecule has 5 nitrogen and oxygen atoms in total. The molecule has 1 fully saturated rings. The number of amides is 2. The summed E-state index contributed by atoms with van der Waals surface area (Å²) in [6, 6.07) is 2.80. The first-order chi connectivity index (χ1) is 10.7. The van der Waals surface area contributed by atoms with Gasteiger partial charge in [-0.25, -0.2) is 0 Å². The van der Waals surface area contributed by atoms with Crippen LogP contribution in [0.1, 0.15) is 29.8 Å². The lowest BCUT2D eigenvalue weighted by Gasteiger charge is -2.34. The van der Waals surface area contributed by atoms with Gasteiger partial charge in [-0.1, -0.05) is 0 Å². The van der Waals surface area contributed by atoms with E-state index in [1.165, 1.54) is 17.9 Å². The van der Waals surface area contributed by atoms with Crippen LogP contribution in [0.25, 0.3) is 0 Å². The summed E-state index contributed by atoms with van der Waals surface area (Å²) in [6.45, 7) is 4.62. The summed E-state index contributed by atoms with van der Waals surface area (Å²) < 4.78 is 39.1. The Labute approximate surface area is 131 Å². The number of alkyl halides is 3. The summed E-state index contributed by atoms with van der Waals surface area (Å²) in [4.78, 5) is 25.2. The fraction of sp³-hybridized carbons (Fsp3) is 0.467. The Morgan fingerprint density at radius 1 is 1.30 bits per heavy atom. The summed E-state index contributed by atoms with van der Waals surface area (Å²) in [7, 11) is 0. The first-order valence-electron chi connectivity index (χ1n) is 7.20. The number of nitrogens with one attached hydrogen (secondary N) is 2. The van der Waals surface area contributed by atoms with Crippen LogP contribution in [-0.2, 0) is 11.0 Å². The third-order valence-corrected chi connectivity index (χ3v) is 3.59. The Balaban J connectivity index is 2.39. The lowest BCUT2D eigenvalue weighted by Crippen LogP contribution is -2.52. The van der Waals surface area contributed by atoms with Crippen LogP contribution < -0.4 is 10.6 Å². The van der Waals surface area contributed by atoms with Crippen molar-refractivity contribution in [3.05, 3.63) is 29.3 Å².